The molecule has 8 nitrogen and oxygen atoms in total. The third-order valence-corrected chi connectivity index (χ3v) is 21.2. The second-order valence-corrected chi connectivity index (χ2v) is 30.1. The quantitative estimate of drug-likeness (QED) is 0.104. The molecule has 15 aromatic carbocycles. The summed E-state index contributed by atoms with van der Waals surface area (Å²) in [5.74, 6) is 3.90. The van der Waals surface area contributed by atoms with Crippen molar-refractivity contribution < 1.29 is 9.31 Å². The molecule has 0 atom stereocenters. The van der Waals surface area contributed by atoms with Crippen LogP contribution in [0, 0.1) is 27.7 Å². The van der Waals surface area contributed by atoms with Gasteiger partial charge in [-0.05, 0) is 202 Å². The Morgan fingerprint density at radius 1 is 0.248 bits per heavy atom. The summed E-state index contributed by atoms with van der Waals surface area (Å²) in [5, 5.41) is 14.5. The van der Waals surface area contributed by atoms with Gasteiger partial charge in [-0.3, -0.25) is 0 Å². The number of benzene rings is 15. The highest BCUT2D eigenvalue weighted by Gasteiger charge is 2.52. The van der Waals surface area contributed by atoms with Crippen LogP contribution in [0.15, 0.2) is 306 Å². The van der Waals surface area contributed by atoms with Crippen LogP contribution in [0.3, 0.4) is 0 Å². The highest BCUT2D eigenvalue weighted by molar-refractivity contribution is 9.11. The molecule has 0 bridgehead atoms. The fourth-order valence-corrected chi connectivity index (χ4v) is 15.3. The molecule has 0 N–H and O–H groups in total. The Hall–Kier alpha value is -11.2. The Labute approximate surface area is 629 Å². The lowest BCUT2D eigenvalue weighted by Gasteiger charge is -2.32. The van der Waals surface area contributed by atoms with Crippen molar-refractivity contribution in [3.8, 4) is 90.6 Å². The molecule has 11 heteroatoms. The van der Waals surface area contributed by atoms with Crippen molar-refractivity contribution in [3.63, 3.8) is 0 Å². The number of aryl methyl sites for hydroxylation is 4. The van der Waals surface area contributed by atoms with Crippen molar-refractivity contribution in [2.24, 2.45) is 0 Å². The van der Waals surface area contributed by atoms with E-state index >= 15 is 0 Å². The third kappa shape index (κ3) is 14.0. The van der Waals surface area contributed by atoms with Crippen LogP contribution in [0.25, 0.3) is 155 Å². The maximum absolute atomic E-state index is 6.34. The van der Waals surface area contributed by atoms with Crippen LogP contribution >= 0.6 is 31.9 Å². The minimum Gasteiger partial charge on any atom is -0.399 e. The van der Waals surface area contributed by atoms with Gasteiger partial charge >= 0.3 is 7.12 Å². The number of rotatable bonds is 9. The summed E-state index contributed by atoms with van der Waals surface area (Å²) >= 11 is 7.10. The molecule has 105 heavy (non-hydrogen) atoms. The average Bonchev–Trinajstić information content (AvgIpc) is 1.46. The molecular formula is C94H73BBr2N6O2. The molecule has 0 unspecified atom stereocenters. The number of fused-ring (bicyclic) bond motifs is 6. The molecule has 0 saturated carbocycles. The van der Waals surface area contributed by atoms with Gasteiger partial charge in [0.1, 0.15) is 0 Å². The van der Waals surface area contributed by atoms with Crippen LogP contribution in [0.1, 0.15) is 49.9 Å². The minimum absolute atomic E-state index is 0.338. The van der Waals surface area contributed by atoms with Gasteiger partial charge in [0.25, 0.3) is 0 Å². The van der Waals surface area contributed by atoms with E-state index in [1.807, 2.05) is 42.5 Å². The van der Waals surface area contributed by atoms with Gasteiger partial charge in [0.05, 0.1) is 11.2 Å². The predicted molar refractivity (Wildman–Crippen MR) is 445 cm³/mol. The van der Waals surface area contributed by atoms with E-state index < -0.39 is 0 Å². The van der Waals surface area contributed by atoms with Crippen LogP contribution in [-0.4, -0.2) is 48.2 Å². The summed E-state index contributed by atoms with van der Waals surface area (Å²) in [6, 6.07) is 105. The Morgan fingerprint density at radius 3 is 0.762 bits per heavy atom. The largest absolute Gasteiger partial charge is 0.496 e. The van der Waals surface area contributed by atoms with Crippen molar-refractivity contribution in [2.75, 3.05) is 0 Å². The maximum atomic E-state index is 6.34. The highest BCUT2D eigenvalue weighted by atomic mass is 79.9. The Kier molecular flexibility index (Phi) is 18.5. The first kappa shape index (κ1) is 68.3. The second kappa shape index (κ2) is 28.5. The predicted octanol–water partition coefficient (Wildman–Crippen LogP) is 24.7. The van der Waals surface area contributed by atoms with E-state index in [0.29, 0.717) is 34.9 Å². The molecular weight excluding hydrogens is 1420 g/mol. The minimum atomic E-state index is -0.351. The average molecular weight is 1490 g/mol. The number of nitrogens with zero attached hydrogens (tertiary/aromatic N) is 6. The molecule has 3 heterocycles. The topological polar surface area (TPSA) is 95.8 Å². The summed E-state index contributed by atoms with van der Waals surface area (Å²) in [4.78, 5) is 29.8. The zero-order valence-electron chi connectivity index (χ0n) is 59.6. The van der Waals surface area contributed by atoms with E-state index in [4.69, 9.17) is 39.2 Å². The van der Waals surface area contributed by atoms with E-state index in [1.54, 1.807) is 0 Å². The molecule has 0 spiro atoms. The SMILES string of the molecule is CC1(C)OB(c2c3ccccc3cc3ccccc23)OC1(C)C.Cc1ccc(-c2nc(-c3ccc(C)cc3)nc(-c3cc(-c4c5ccccc5cc5ccccc45)cc(-c4c5ccccc5cc5ccccc45)c3)n2)cc1.Cc1ccc(-c2nc(-c3ccc(C)cc3)nc(-c3cc(Br)cc(Br)c3)n2)cc1. The molecule has 0 radical (unpaired) electrons. The standard InChI is InChI=1S/C51H35N3.C23H17Br2N3.C20H21BO2/c1-32-19-23-34(24-20-32)49-52-50(35-25-21-33(2)22-26-35)54-51(53-49)42-30-40(47-43-15-7-3-11-36(43)27-37-12-4-8-16-44(37)47)29-41(31-42)48-45-17-9-5-13-38(45)28-39-14-6-10-18-46(39)48;1-14-3-7-16(8-4-14)21-26-22(17-9-5-15(2)6-10-17)28-23(27-21)18-11-19(24)13-20(25)12-18;1-19(2)20(3,4)23-21(22-19)18-16-11-7-5-9-14(16)13-15-10-6-8-12-17(15)18/h3-31H,1-2H3;3-13H,1-2H3;5-13H,1-4H3. The summed E-state index contributed by atoms with van der Waals surface area (Å²) in [5.41, 5.74) is 15.6. The molecule has 1 saturated heterocycles. The Bertz CT molecular complexity index is 5720. The van der Waals surface area contributed by atoms with Crippen LogP contribution in [0.5, 0.6) is 0 Å². The Morgan fingerprint density at radius 2 is 0.476 bits per heavy atom. The summed E-state index contributed by atoms with van der Waals surface area (Å²) in [6.07, 6.45) is 0. The molecule has 17 aromatic rings. The summed E-state index contributed by atoms with van der Waals surface area (Å²) < 4.78 is 14.6. The first-order valence-corrected chi connectivity index (χ1v) is 37.0. The molecule has 18 rings (SSSR count). The monoisotopic (exact) mass is 1490 g/mol. The molecule has 0 aliphatic carbocycles. The van der Waals surface area contributed by atoms with Crippen LogP contribution in [0.2, 0.25) is 0 Å². The molecule has 508 valence electrons. The van der Waals surface area contributed by atoms with Crippen molar-refractivity contribution in [1.29, 1.82) is 0 Å². The van der Waals surface area contributed by atoms with Gasteiger partial charge in [-0.15, -0.1) is 0 Å². The lowest BCUT2D eigenvalue weighted by molar-refractivity contribution is 0.00578. The number of halogens is 2. The third-order valence-electron chi connectivity index (χ3n) is 20.2. The molecule has 1 fully saturated rings. The molecule has 0 amide bonds. The van der Waals surface area contributed by atoms with Gasteiger partial charge in [-0.1, -0.05) is 297 Å². The summed E-state index contributed by atoms with van der Waals surface area (Å²) in [7, 11) is -0.351. The second-order valence-electron chi connectivity index (χ2n) is 28.2. The first-order valence-electron chi connectivity index (χ1n) is 35.4. The van der Waals surface area contributed by atoms with E-state index in [9.17, 15) is 0 Å². The Balaban J connectivity index is 0.000000138. The van der Waals surface area contributed by atoms with Gasteiger partial charge in [-0.25, -0.2) is 29.9 Å². The van der Waals surface area contributed by atoms with Gasteiger partial charge in [0, 0.05) is 42.3 Å². The van der Waals surface area contributed by atoms with Gasteiger partial charge in [-0.2, -0.15) is 0 Å². The first-order chi connectivity index (χ1) is 50.9. The number of hydrogen-bond donors (Lipinski definition) is 0. The zero-order chi connectivity index (χ0) is 72.1. The van der Waals surface area contributed by atoms with Crippen molar-refractivity contribution >= 4 is 109 Å². The van der Waals surface area contributed by atoms with Gasteiger partial charge < -0.3 is 9.31 Å². The lowest BCUT2D eigenvalue weighted by Crippen LogP contribution is -2.41. The zero-order valence-corrected chi connectivity index (χ0v) is 62.8. The van der Waals surface area contributed by atoms with E-state index in [-0.39, 0.29) is 18.3 Å². The van der Waals surface area contributed by atoms with E-state index in [1.165, 1.54) is 98.0 Å². The fraction of sp³-hybridized carbons (Fsp3) is 0.106. The number of aromatic nitrogens is 6. The normalized spacial score (nSPS) is 13.1. The number of hydrogen-bond acceptors (Lipinski definition) is 8. The lowest BCUT2D eigenvalue weighted by atomic mass is 9.73. The molecule has 1 aliphatic rings. The molecule has 1 aliphatic heterocycles. The maximum Gasteiger partial charge on any atom is 0.496 e. The van der Waals surface area contributed by atoms with Crippen LogP contribution in [-0.2, 0) is 9.31 Å². The molecule has 2 aromatic heterocycles. The van der Waals surface area contributed by atoms with Crippen molar-refractivity contribution in [1.82, 2.24) is 29.9 Å². The van der Waals surface area contributed by atoms with Gasteiger partial charge in [0.2, 0.25) is 0 Å². The van der Waals surface area contributed by atoms with E-state index in [0.717, 1.165) is 58.9 Å². The highest BCUT2D eigenvalue weighted by Crippen LogP contribution is 2.45. The van der Waals surface area contributed by atoms with Crippen molar-refractivity contribution in [3.05, 3.63) is 328 Å². The fourth-order valence-electron chi connectivity index (χ4n) is 14.0. The van der Waals surface area contributed by atoms with Crippen LogP contribution < -0.4 is 5.46 Å². The van der Waals surface area contributed by atoms with E-state index in [2.05, 4.69) is 342 Å². The van der Waals surface area contributed by atoms with Crippen LogP contribution in [0.4, 0.5) is 0 Å². The van der Waals surface area contributed by atoms with Gasteiger partial charge in [0.15, 0.2) is 34.9 Å². The van der Waals surface area contributed by atoms with Crippen molar-refractivity contribution in [2.45, 2.75) is 66.6 Å². The summed E-state index contributed by atoms with van der Waals surface area (Å²) in [6.45, 7) is 16.7. The smallest absolute Gasteiger partial charge is 0.399 e.